The molecule has 0 aromatic heterocycles. The maximum Gasteiger partial charge on any atom is 0.149 e. The molecule has 1 aromatic rings. The molecule has 106 valence electrons. The summed E-state index contributed by atoms with van der Waals surface area (Å²) in [5, 5.41) is 0. The molecule has 0 heterocycles. The number of nitrogens with zero attached hydrogens (tertiary/aromatic N) is 1. The molecule has 1 saturated carbocycles. The Morgan fingerprint density at radius 2 is 1.89 bits per heavy atom. The zero-order valence-corrected chi connectivity index (χ0v) is 11.6. The summed E-state index contributed by atoms with van der Waals surface area (Å²) in [7, 11) is 1.78. The average Bonchev–Trinajstić information content (AvgIpc) is 2.37. The number of nitrogens with two attached hydrogens (primary N) is 1. The van der Waals surface area contributed by atoms with Gasteiger partial charge in [0.2, 0.25) is 0 Å². The number of rotatable bonds is 3. The highest BCUT2D eigenvalue weighted by atomic mass is 19.1. The lowest BCUT2D eigenvalue weighted by Crippen LogP contribution is -2.36. The monoisotopic (exact) mass is 268 g/mol. The average molecular weight is 268 g/mol. The molecule has 0 amide bonds. The summed E-state index contributed by atoms with van der Waals surface area (Å²) >= 11 is 0. The Hall–Kier alpha value is -1.16. The molecule has 1 aromatic carbocycles. The van der Waals surface area contributed by atoms with E-state index in [0.717, 1.165) is 19.3 Å². The Kier molecular flexibility index (Phi) is 4.40. The van der Waals surface area contributed by atoms with Crippen LogP contribution in [0.1, 0.15) is 38.2 Å². The Balaban J connectivity index is 2.25. The molecule has 2 nitrogen and oxygen atoms in total. The van der Waals surface area contributed by atoms with Crippen molar-refractivity contribution in [2.24, 2.45) is 11.7 Å². The standard InChI is InChI=1S/C15H22F2N2/c1-10-4-3-5-12(6-10)19(2)15-13(16)7-11(9-18)8-14(15)17/h7-8,10,12H,3-6,9,18H2,1-2H3. The molecule has 2 atom stereocenters. The van der Waals surface area contributed by atoms with Crippen molar-refractivity contribution in [2.45, 2.75) is 45.2 Å². The van der Waals surface area contributed by atoms with Crippen molar-refractivity contribution < 1.29 is 8.78 Å². The van der Waals surface area contributed by atoms with Crippen LogP contribution in [-0.4, -0.2) is 13.1 Å². The molecule has 0 aliphatic heterocycles. The van der Waals surface area contributed by atoms with Gasteiger partial charge in [-0.25, -0.2) is 8.78 Å². The number of hydrogen-bond acceptors (Lipinski definition) is 2. The Morgan fingerprint density at radius 3 is 2.42 bits per heavy atom. The van der Waals surface area contributed by atoms with Crippen LogP contribution in [0.5, 0.6) is 0 Å². The van der Waals surface area contributed by atoms with Gasteiger partial charge in [-0.3, -0.25) is 0 Å². The highest BCUT2D eigenvalue weighted by Gasteiger charge is 2.26. The van der Waals surface area contributed by atoms with Gasteiger partial charge in [0.15, 0.2) is 0 Å². The molecule has 1 fully saturated rings. The summed E-state index contributed by atoms with van der Waals surface area (Å²) in [5.41, 5.74) is 6.00. The lowest BCUT2D eigenvalue weighted by atomic mass is 9.86. The summed E-state index contributed by atoms with van der Waals surface area (Å²) in [6.07, 6.45) is 4.33. The second-order valence-electron chi connectivity index (χ2n) is 5.65. The first kappa shape index (κ1) is 14.3. The van der Waals surface area contributed by atoms with Crippen molar-refractivity contribution in [3.05, 3.63) is 29.3 Å². The van der Waals surface area contributed by atoms with Crippen LogP contribution in [0, 0.1) is 17.6 Å². The van der Waals surface area contributed by atoms with E-state index in [1.807, 2.05) is 0 Å². The lowest BCUT2D eigenvalue weighted by molar-refractivity contribution is 0.333. The summed E-state index contributed by atoms with van der Waals surface area (Å²) in [5.74, 6) is -0.405. The van der Waals surface area contributed by atoms with Crippen molar-refractivity contribution in [1.29, 1.82) is 0 Å². The fourth-order valence-corrected chi connectivity index (χ4v) is 3.01. The maximum atomic E-state index is 14.1. The summed E-state index contributed by atoms with van der Waals surface area (Å²) < 4.78 is 28.1. The number of hydrogen-bond donors (Lipinski definition) is 1. The first-order valence-electron chi connectivity index (χ1n) is 6.93. The number of anilines is 1. The van der Waals surface area contributed by atoms with Gasteiger partial charge in [-0.1, -0.05) is 19.8 Å². The van der Waals surface area contributed by atoms with Gasteiger partial charge in [0.25, 0.3) is 0 Å². The third kappa shape index (κ3) is 3.06. The van der Waals surface area contributed by atoms with E-state index in [1.165, 1.54) is 18.6 Å². The molecule has 4 heteroatoms. The molecule has 0 radical (unpaired) electrons. The van der Waals surface area contributed by atoms with E-state index in [9.17, 15) is 8.78 Å². The second-order valence-corrected chi connectivity index (χ2v) is 5.65. The highest BCUT2D eigenvalue weighted by molar-refractivity contribution is 5.51. The van der Waals surface area contributed by atoms with E-state index in [1.54, 1.807) is 11.9 Å². The molecule has 0 spiro atoms. The molecule has 2 unspecified atom stereocenters. The lowest BCUT2D eigenvalue weighted by Gasteiger charge is -2.36. The fourth-order valence-electron chi connectivity index (χ4n) is 3.01. The van der Waals surface area contributed by atoms with Gasteiger partial charge >= 0.3 is 0 Å². The van der Waals surface area contributed by atoms with E-state index in [-0.39, 0.29) is 18.3 Å². The summed E-state index contributed by atoms with van der Waals surface area (Å²) in [6, 6.07) is 2.89. The Labute approximate surface area is 113 Å². The van der Waals surface area contributed by atoms with Crippen LogP contribution >= 0.6 is 0 Å². The topological polar surface area (TPSA) is 29.3 Å². The molecule has 19 heavy (non-hydrogen) atoms. The molecular weight excluding hydrogens is 246 g/mol. The zero-order valence-electron chi connectivity index (χ0n) is 11.6. The van der Waals surface area contributed by atoms with Crippen LogP contribution < -0.4 is 10.6 Å². The molecule has 0 saturated heterocycles. The van der Waals surface area contributed by atoms with Gasteiger partial charge in [0.05, 0.1) is 0 Å². The van der Waals surface area contributed by atoms with E-state index in [2.05, 4.69) is 6.92 Å². The van der Waals surface area contributed by atoms with Crippen molar-refractivity contribution in [3.8, 4) is 0 Å². The van der Waals surface area contributed by atoms with Gasteiger partial charge in [-0.15, -0.1) is 0 Å². The minimum Gasteiger partial charge on any atom is -0.367 e. The molecule has 0 bridgehead atoms. The van der Waals surface area contributed by atoms with Crippen LogP contribution in [0.25, 0.3) is 0 Å². The quantitative estimate of drug-likeness (QED) is 0.910. The minimum atomic E-state index is -0.513. The fraction of sp³-hybridized carbons (Fsp3) is 0.600. The molecule has 2 N–H and O–H groups in total. The number of halogens is 2. The maximum absolute atomic E-state index is 14.1. The second kappa shape index (κ2) is 5.87. The van der Waals surface area contributed by atoms with E-state index < -0.39 is 11.6 Å². The van der Waals surface area contributed by atoms with Crippen LogP contribution in [0.3, 0.4) is 0 Å². The number of benzene rings is 1. The predicted octanol–water partition coefficient (Wildman–Crippen LogP) is 3.44. The molecule has 2 rings (SSSR count). The van der Waals surface area contributed by atoms with Gasteiger partial charge in [0.1, 0.15) is 17.3 Å². The van der Waals surface area contributed by atoms with E-state index in [0.29, 0.717) is 11.5 Å². The van der Waals surface area contributed by atoms with Crippen molar-refractivity contribution >= 4 is 5.69 Å². The minimum absolute atomic E-state index is 0.0799. The van der Waals surface area contributed by atoms with Gasteiger partial charge in [-0.05, 0) is 36.5 Å². The third-order valence-electron chi connectivity index (χ3n) is 4.12. The van der Waals surface area contributed by atoms with Crippen molar-refractivity contribution in [1.82, 2.24) is 0 Å². The van der Waals surface area contributed by atoms with Gasteiger partial charge < -0.3 is 10.6 Å². The largest absolute Gasteiger partial charge is 0.367 e. The van der Waals surface area contributed by atoms with E-state index >= 15 is 0 Å². The third-order valence-corrected chi connectivity index (χ3v) is 4.12. The van der Waals surface area contributed by atoms with Gasteiger partial charge in [-0.2, -0.15) is 0 Å². The van der Waals surface area contributed by atoms with Gasteiger partial charge in [0, 0.05) is 19.6 Å². The van der Waals surface area contributed by atoms with Crippen LogP contribution in [0.15, 0.2) is 12.1 Å². The molecule has 1 aliphatic rings. The van der Waals surface area contributed by atoms with Crippen LogP contribution in [-0.2, 0) is 6.54 Å². The smallest absolute Gasteiger partial charge is 0.149 e. The Morgan fingerprint density at radius 1 is 1.26 bits per heavy atom. The molecule has 1 aliphatic carbocycles. The molecular formula is C15H22F2N2. The normalized spacial score (nSPS) is 23.4. The highest BCUT2D eigenvalue weighted by Crippen LogP contribution is 2.32. The van der Waals surface area contributed by atoms with Crippen molar-refractivity contribution in [2.75, 3.05) is 11.9 Å². The summed E-state index contributed by atoms with van der Waals surface area (Å²) in [6.45, 7) is 2.35. The first-order valence-corrected chi connectivity index (χ1v) is 6.93. The zero-order chi connectivity index (χ0) is 14.0. The van der Waals surface area contributed by atoms with Crippen LogP contribution in [0.2, 0.25) is 0 Å². The van der Waals surface area contributed by atoms with Crippen molar-refractivity contribution in [3.63, 3.8) is 0 Å². The first-order chi connectivity index (χ1) is 9.02. The SMILES string of the molecule is CC1CCCC(N(C)c2c(F)cc(CN)cc2F)C1. The summed E-state index contributed by atoms with van der Waals surface area (Å²) in [4.78, 5) is 1.76. The van der Waals surface area contributed by atoms with E-state index in [4.69, 9.17) is 5.73 Å². The predicted molar refractivity (Wildman–Crippen MR) is 74.1 cm³/mol. The van der Waals surface area contributed by atoms with Crippen LogP contribution in [0.4, 0.5) is 14.5 Å². The Bertz CT molecular complexity index is 425.